The Morgan fingerprint density at radius 3 is 2.61 bits per heavy atom. The van der Waals surface area contributed by atoms with E-state index in [2.05, 4.69) is 20.8 Å². The SMILES string of the molecule is Cn1nnnc1SCC1=C(C(=O)O)N2C(=O)[C@H](NC(=O)Cn3cc(Cl)c(=O)c(Cl)c3)[C@H]2SC1. The second kappa shape index (κ2) is 9.37. The van der Waals surface area contributed by atoms with E-state index in [0.717, 1.165) is 0 Å². The number of carboxylic acid groups (broad SMARTS) is 1. The molecular formula is C17H15Cl2N7O5S2. The van der Waals surface area contributed by atoms with Gasteiger partial charge in [-0.1, -0.05) is 35.0 Å². The van der Waals surface area contributed by atoms with Gasteiger partial charge in [0.25, 0.3) is 5.91 Å². The molecule has 4 rings (SSSR count). The summed E-state index contributed by atoms with van der Waals surface area (Å²) >= 11 is 14.2. The molecule has 0 bridgehead atoms. The Hall–Kier alpha value is -2.55. The molecule has 33 heavy (non-hydrogen) atoms. The lowest BCUT2D eigenvalue weighted by molar-refractivity contribution is -0.150. The lowest BCUT2D eigenvalue weighted by Gasteiger charge is -2.49. The summed E-state index contributed by atoms with van der Waals surface area (Å²) in [7, 11) is 1.67. The van der Waals surface area contributed by atoms with E-state index in [1.165, 1.54) is 50.1 Å². The highest BCUT2D eigenvalue weighted by Gasteiger charge is 2.54. The number of fused-ring (bicyclic) bond motifs is 1. The molecule has 2 aromatic heterocycles. The van der Waals surface area contributed by atoms with Crippen LogP contribution in [-0.4, -0.2) is 75.5 Å². The van der Waals surface area contributed by atoms with Gasteiger partial charge < -0.3 is 15.0 Å². The van der Waals surface area contributed by atoms with Crippen LogP contribution >= 0.6 is 46.7 Å². The van der Waals surface area contributed by atoms with Crippen molar-refractivity contribution in [3.63, 3.8) is 0 Å². The van der Waals surface area contributed by atoms with Crippen molar-refractivity contribution in [2.24, 2.45) is 7.05 Å². The number of carbonyl (C=O) groups is 3. The van der Waals surface area contributed by atoms with Crippen LogP contribution in [0.4, 0.5) is 0 Å². The van der Waals surface area contributed by atoms with E-state index in [9.17, 15) is 24.3 Å². The van der Waals surface area contributed by atoms with Crippen molar-refractivity contribution >= 4 is 64.5 Å². The Bertz CT molecular complexity index is 1220. The summed E-state index contributed by atoms with van der Waals surface area (Å²) in [6.45, 7) is -0.226. The third-order valence-electron chi connectivity index (χ3n) is 4.84. The highest BCUT2D eigenvalue weighted by molar-refractivity contribution is 8.01. The van der Waals surface area contributed by atoms with Gasteiger partial charge in [-0.2, -0.15) is 0 Å². The normalized spacial score (nSPS) is 19.8. The summed E-state index contributed by atoms with van der Waals surface area (Å²) in [4.78, 5) is 49.9. The monoisotopic (exact) mass is 531 g/mol. The van der Waals surface area contributed by atoms with Crippen LogP contribution in [0.15, 0.2) is 33.6 Å². The topological polar surface area (TPSA) is 152 Å². The summed E-state index contributed by atoms with van der Waals surface area (Å²) in [5.74, 6) is -1.59. The van der Waals surface area contributed by atoms with Crippen LogP contribution in [0.5, 0.6) is 0 Å². The first-order chi connectivity index (χ1) is 15.7. The van der Waals surface area contributed by atoms with E-state index in [-0.39, 0.29) is 22.3 Å². The van der Waals surface area contributed by atoms with Crippen molar-refractivity contribution in [2.75, 3.05) is 11.5 Å². The Labute approximate surface area is 204 Å². The third kappa shape index (κ3) is 4.60. The summed E-state index contributed by atoms with van der Waals surface area (Å²) in [6, 6.07) is -0.876. The number of pyridine rings is 1. The van der Waals surface area contributed by atoms with Crippen molar-refractivity contribution < 1.29 is 19.5 Å². The number of carbonyl (C=O) groups excluding carboxylic acids is 2. The lowest BCUT2D eigenvalue weighted by atomic mass is 10.0. The van der Waals surface area contributed by atoms with Gasteiger partial charge in [-0.25, -0.2) is 9.48 Å². The number of amides is 2. The predicted octanol–water partition coefficient (Wildman–Crippen LogP) is 0.210. The van der Waals surface area contributed by atoms with E-state index in [1.807, 2.05) is 0 Å². The zero-order chi connectivity index (χ0) is 23.9. The quantitative estimate of drug-likeness (QED) is 0.374. The number of tetrazole rings is 1. The number of hydrogen-bond donors (Lipinski definition) is 2. The molecule has 4 heterocycles. The largest absolute Gasteiger partial charge is 0.477 e. The number of nitrogens with zero attached hydrogens (tertiary/aromatic N) is 6. The molecule has 12 nitrogen and oxygen atoms in total. The summed E-state index contributed by atoms with van der Waals surface area (Å²) < 4.78 is 2.79. The van der Waals surface area contributed by atoms with Gasteiger partial charge in [0.1, 0.15) is 33.7 Å². The molecule has 0 saturated carbocycles. The molecule has 2 aliphatic rings. The average Bonchev–Trinajstić information content (AvgIpc) is 3.18. The van der Waals surface area contributed by atoms with Crippen LogP contribution in [-0.2, 0) is 28.0 Å². The van der Waals surface area contributed by atoms with Crippen LogP contribution in [0.3, 0.4) is 0 Å². The average molecular weight is 532 g/mol. The van der Waals surface area contributed by atoms with Crippen LogP contribution < -0.4 is 10.7 Å². The third-order valence-corrected chi connectivity index (χ3v) is 7.82. The van der Waals surface area contributed by atoms with E-state index in [4.69, 9.17) is 23.2 Å². The number of thioether (sulfide) groups is 2. The Morgan fingerprint density at radius 1 is 1.30 bits per heavy atom. The van der Waals surface area contributed by atoms with Crippen LogP contribution in [0.2, 0.25) is 10.0 Å². The molecule has 0 spiro atoms. The molecule has 2 amide bonds. The summed E-state index contributed by atoms with van der Waals surface area (Å²) in [6.07, 6.45) is 2.53. The fourth-order valence-electron chi connectivity index (χ4n) is 3.33. The number of halogens is 2. The first-order valence-electron chi connectivity index (χ1n) is 9.27. The molecule has 2 aliphatic heterocycles. The zero-order valence-electron chi connectivity index (χ0n) is 16.8. The Kier molecular flexibility index (Phi) is 6.70. The van der Waals surface area contributed by atoms with Gasteiger partial charge in [0, 0.05) is 30.9 Å². The van der Waals surface area contributed by atoms with Crippen LogP contribution in [0.25, 0.3) is 0 Å². The highest BCUT2D eigenvalue weighted by Crippen LogP contribution is 2.41. The molecule has 1 fully saturated rings. The van der Waals surface area contributed by atoms with E-state index in [1.54, 1.807) is 7.05 Å². The number of aromatic nitrogens is 5. The van der Waals surface area contributed by atoms with Gasteiger partial charge >= 0.3 is 5.97 Å². The molecule has 2 aromatic rings. The number of hydrogen-bond acceptors (Lipinski definition) is 9. The predicted molar refractivity (Wildman–Crippen MR) is 120 cm³/mol. The summed E-state index contributed by atoms with van der Waals surface area (Å²) in [5, 5.41) is 23.2. The molecule has 16 heteroatoms. The van der Waals surface area contributed by atoms with Crippen molar-refractivity contribution in [2.45, 2.75) is 23.1 Å². The van der Waals surface area contributed by atoms with E-state index >= 15 is 0 Å². The fourth-order valence-corrected chi connectivity index (χ4v) is 6.16. The fraction of sp³-hybridized carbons (Fsp3) is 0.353. The number of aliphatic carboxylic acids is 1. The molecule has 2 N–H and O–H groups in total. The van der Waals surface area contributed by atoms with Gasteiger partial charge in [-0.15, -0.1) is 16.9 Å². The number of β-lactam (4-membered cyclic amide) rings is 1. The summed E-state index contributed by atoms with van der Waals surface area (Å²) in [5.41, 5.74) is -0.0703. The zero-order valence-corrected chi connectivity index (χ0v) is 19.9. The first-order valence-corrected chi connectivity index (χ1v) is 12.1. The number of nitrogens with one attached hydrogen (secondary N) is 1. The minimum absolute atomic E-state index is 0.0872. The van der Waals surface area contributed by atoms with Crippen LogP contribution in [0, 0.1) is 0 Å². The molecule has 2 atom stereocenters. The van der Waals surface area contributed by atoms with Gasteiger partial charge in [0.15, 0.2) is 0 Å². The molecule has 0 unspecified atom stereocenters. The lowest BCUT2D eigenvalue weighted by Crippen LogP contribution is -2.70. The minimum atomic E-state index is -1.22. The van der Waals surface area contributed by atoms with Crippen molar-refractivity contribution in [3.8, 4) is 0 Å². The molecule has 0 aromatic carbocycles. The first kappa shape index (κ1) is 23.6. The van der Waals surface area contributed by atoms with E-state index < -0.39 is 34.6 Å². The maximum atomic E-state index is 12.8. The molecular weight excluding hydrogens is 517 g/mol. The minimum Gasteiger partial charge on any atom is -0.477 e. The van der Waals surface area contributed by atoms with E-state index in [0.29, 0.717) is 22.2 Å². The molecule has 174 valence electrons. The number of aryl methyl sites for hydroxylation is 1. The smallest absolute Gasteiger partial charge is 0.352 e. The standard InChI is InChI=1S/C17H15Cl2N7O5S2/c1-24-17(21-22-23-24)33-6-7-5-32-15-11(14(29)26(15)12(7)16(30)31)20-10(27)4-25-2-8(18)13(28)9(19)3-25/h2-3,11,15H,4-6H2,1H3,(H,20,27)(H,30,31)/t11-,15+/m0/s1. The second-order valence-electron chi connectivity index (χ2n) is 7.04. The van der Waals surface area contributed by atoms with Gasteiger partial charge in [0.2, 0.25) is 16.5 Å². The number of rotatable bonds is 7. The maximum absolute atomic E-state index is 12.8. The Morgan fingerprint density at radius 2 is 2.00 bits per heavy atom. The number of carboxylic acids is 1. The maximum Gasteiger partial charge on any atom is 0.352 e. The van der Waals surface area contributed by atoms with Gasteiger partial charge in [-0.3, -0.25) is 19.3 Å². The second-order valence-corrected chi connectivity index (χ2v) is 9.90. The highest BCUT2D eigenvalue weighted by atomic mass is 35.5. The van der Waals surface area contributed by atoms with Gasteiger partial charge in [-0.05, 0) is 16.0 Å². The van der Waals surface area contributed by atoms with Crippen molar-refractivity contribution in [1.82, 2.24) is 35.0 Å². The van der Waals surface area contributed by atoms with Crippen molar-refractivity contribution in [3.05, 3.63) is 43.9 Å². The van der Waals surface area contributed by atoms with Crippen molar-refractivity contribution in [1.29, 1.82) is 0 Å². The molecule has 0 radical (unpaired) electrons. The Balaban J connectivity index is 1.44. The molecule has 1 saturated heterocycles. The van der Waals surface area contributed by atoms with Crippen LogP contribution in [0.1, 0.15) is 0 Å². The van der Waals surface area contributed by atoms with Gasteiger partial charge in [0.05, 0.1) is 0 Å². The molecule has 0 aliphatic carbocycles.